The van der Waals surface area contributed by atoms with Crippen molar-refractivity contribution >= 4 is 5.71 Å². The lowest BCUT2D eigenvalue weighted by molar-refractivity contribution is -0.676. The first-order valence-corrected chi connectivity index (χ1v) is 8.93. The third kappa shape index (κ3) is 4.17. The molecule has 0 aliphatic carbocycles. The second-order valence-electron chi connectivity index (χ2n) is 6.73. The van der Waals surface area contributed by atoms with Crippen LogP contribution in [0.1, 0.15) is 28.7 Å². The van der Waals surface area contributed by atoms with Crippen molar-refractivity contribution in [1.29, 1.82) is 0 Å². The average molecular weight is 355 g/mol. The lowest BCUT2D eigenvalue weighted by atomic mass is 10.0. The first-order valence-electron chi connectivity index (χ1n) is 8.93. The smallest absolute Gasteiger partial charge is 0.181 e. The SMILES string of the molecule is COc1cccc(OC)c1C1=NOC(C[NH2+]Cc2cc(C)cc(C)c2)C1. The fourth-order valence-corrected chi connectivity index (χ4v) is 3.46. The number of hydrogen-bond donors (Lipinski definition) is 1. The van der Waals surface area contributed by atoms with Gasteiger partial charge in [0.25, 0.3) is 0 Å². The van der Waals surface area contributed by atoms with E-state index in [1.807, 2.05) is 18.2 Å². The zero-order valence-electron chi connectivity index (χ0n) is 15.9. The number of benzene rings is 2. The molecule has 5 heteroatoms. The molecule has 1 aliphatic rings. The maximum Gasteiger partial charge on any atom is 0.181 e. The van der Waals surface area contributed by atoms with Gasteiger partial charge in [-0.2, -0.15) is 0 Å². The highest BCUT2D eigenvalue weighted by atomic mass is 16.6. The highest BCUT2D eigenvalue weighted by Gasteiger charge is 2.27. The summed E-state index contributed by atoms with van der Waals surface area (Å²) in [6, 6.07) is 12.4. The van der Waals surface area contributed by atoms with Gasteiger partial charge in [-0.15, -0.1) is 0 Å². The van der Waals surface area contributed by atoms with E-state index in [9.17, 15) is 0 Å². The largest absolute Gasteiger partial charge is 0.496 e. The van der Waals surface area contributed by atoms with Crippen LogP contribution in [0.25, 0.3) is 0 Å². The van der Waals surface area contributed by atoms with E-state index in [2.05, 4.69) is 42.5 Å². The maximum atomic E-state index is 5.65. The van der Waals surface area contributed by atoms with E-state index in [4.69, 9.17) is 14.3 Å². The van der Waals surface area contributed by atoms with Gasteiger partial charge in [-0.05, 0) is 26.0 Å². The van der Waals surface area contributed by atoms with Crippen LogP contribution in [0.4, 0.5) is 0 Å². The Labute approximate surface area is 155 Å². The van der Waals surface area contributed by atoms with Gasteiger partial charge in [-0.3, -0.25) is 0 Å². The third-order valence-electron chi connectivity index (χ3n) is 4.54. The van der Waals surface area contributed by atoms with Crippen molar-refractivity contribution in [2.45, 2.75) is 32.9 Å². The van der Waals surface area contributed by atoms with Gasteiger partial charge in [0.1, 0.15) is 24.6 Å². The molecule has 26 heavy (non-hydrogen) atoms. The number of rotatable bonds is 7. The molecule has 0 saturated carbocycles. The zero-order valence-corrected chi connectivity index (χ0v) is 15.9. The van der Waals surface area contributed by atoms with Crippen molar-refractivity contribution in [2.24, 2.45) is 5.16 Å². The number of ether oxygens (including phenoxy) is 2. The summed E-state index contributed by atoms with van der Waals surface area (Å²) in [5.74, 6) is 1.51. The Bertz CT molecular complexity index is 759. The maximum absolute atomic E-state index is 5.65. The summed E-state index contributed by atoms with van der Waals surface area (Å²) in [6.45, 7) is 6.07. The third-order valence-corrected chi connectivity index (χ3v) is 4.54. The molecule has 0 spiro atoms. The van der Waals surface area contributed by atoms with E-state index in [0.29, 0.717) is 0 Å². The molecular formula is C21H27N2O3+. The molecule has 0 radical (unpaired) electrons. The molecule has 0 fully saturated rings. The van der Waals surface area contributed by atoms with Crippen molar-refractivity contribution in [3.05, 3.63) is 58.7 Å². The summed E-state index contributed by atoms with van der Waals surface area (Å²) in [6.07, 6.45) is 0.811. The number of hydrogen-bond acceptors (Lipinski definition) is 4. The predicted molar refractivity (Wildman–Crippen MR) is 102 cm³/mol. The van der Waals surface area contributed by atoms with E-state index >= 15 is 0 Å². The molecule has 2 aromatic rings. The number of aryl methyl sites for hydroxylation is 2. The van der Waals surface area contributed by atoms with Crippen LogP contribution in [0.5, 0.6) is 11.5 Å². The van der Waals surface area contributed by atoms with E-state index in [-0.39, 0.29) is 6.10 Å². The fraction of sp³-hybridized carbons (Fsp3) is 0.381. The Morgan fingerprint density at radius 3 is 2.35 bits per heavy atom. The second-order valence-corrected chi connectivity index (χ2v) is 6.73. The highest BCUT2D eigenvalue weighted by molar-refractivity contribution is 6.05. The van der Waals surface area contributed by atoms with Gasteiger partial charge in [0.05, 0.1) is 25.5 Å². The van der Waals surface area contributed by atoms with Crippen LogP contribution in [-0.2, 0) is 11.4 Å². The Balaban J connectivity index is 1.59. The Morgan fingerprint density at radius 2 is 1.73 bits per heavy atom. The van der Waals surface area contributed by atoms with Crippen LogP contribution in [0.15, 0.2) is 41.6 Å². The Hall–Kier alpha value is -2.53. The number of methoxy groups -OCH3 is 2. The second kappa shape index (κ2) is 8.23. The molecule has 138 valence electrons. The quantitative estimate of drug-likeness (QED) is 0.830. The lowest BCUT2D eigenvalue weighted by Gasteiger charge is -2.12. The van der Waals surface area contributed by atoms with Crippen molar-refractivity contribution in [2.75, 3.05) is 20.8 Å². The number of oxime groups is 1. The monoisotopic (exact) mass is 355 g/mol. The minimum Gasteiger partial charge on any atom is -0.496 e. The molecule has 2 N–H and O–H groups in total. The molecule has 3 rings (SSSR count). The van der Waals surface area contributed by atoms with Crippen LogP contribution in [-0.4, -0.2) is 32.6 Å². The lowest BCUT2D eigenvalue weighted by Crippen LogP contribution is -2.84. The van der Waals surface area contributed by atoms with Gasteiger partial charge in [-0.1, -0.05) is 40.5 Å². The zero-order chi connectivity index (χ0) is 18.5. The minimum absolute atomic E-state index is 0.0607. The van der Waals surface area contributed by atoms with Gasteiger partial charge < -0.3 is 19.6 Å². The summed E-state index contributed by atoms with van der Waals surface area (Å²) >= 11 is 0. The molecular weight excluding hydrogens is 328 g/mol. The molecule has 0 aromatic heterocycles. The van der Waals surface area contributed by atoms with Crippen LogP contribution in [0.3, 0.4) is 0 Å². The van der Waals surface area contributed by atoms with Crippen LogP contribution in [0, 0.1) is 13.8 Å². The summed E-state index contributed by atoms with van der Waals surface area (Å²) in [4.78, 5) is 5.65. The summed E-state index contributed by atoms with van der Waals surface area (Å²) in [5, 5.41) is 6.57. The molecule has 1 unspecified atom stereocenters. The molecule has 1 atom stereocenters. The molecule has 1 aliphatic heterocycles. The first-order chi connectivity index (χ1) is 12.6. The standard InChI is InChI=1S/C21H26N2O3/c1-14-8-15(2)10-16(9-14)12-22-13-17-11-18(23-26-17)21-19(24-3)6-5-7-20(21)25-4/h5-10,17,22H,11-13H2,1-4H3/p+1. The van der Waals surface area contributed by atoms with E-state index < -0.39 is 0 Å². The van der Waals surface area contributed by atoms with E-state index in [0.717, 1.165) is 42.3 Å². The molecule has 2 aromatic carbocycles. The van der Waals surface area contributed by atoms with Crippen molar-refractivity contribution in [1.82, 2.24) is 0 Å². The minimum atomic E-state index is 0.0607. The summed E-state index contributed by atoms with van der Waals surface area (Å²) in [5.41, 5.74) is 5.71. The number of quaternary nitrogens is 1. The molecule has 0 bridgehead atoms. The summed E-state index contributed by atoms with van der Waals surface area (Å²) < 4.78 is 10.9. The van der Waals surface area contributed by atoms with E-state index in [1.165, 1.54) is 16.7 Å². The normalized spacial score (nSPS) is 16.2. The van der Waals surface area contributed by atoms with Gasteiger partial charge in [0.2, 0.25) is 0 Å². The number of nitrogens with two attached hydrogens (primary N) is 1. The molecule has 1 heterocycles. The van der Waals surface area contributed by atoms with Crippen molar-refractivity contribution < 1.29 is 19.6 Å². The van der Waals surface area contributed by atoms with Crippen molar-refractivity contribution in [3.8, 4) is 11.5 Å². The van der Waals surface area contributed by atoms with Gasteiger partial charge in [-0.25, -0.2) is 0 Å². The Kier molecular flexibility index (Phi) is 5.78. The van der Waals surface area contributed by atoms with Crippen LogP contribution >= 0.6 is 0 Å². The highest BCUT2D eigenvalue weighted by Crippen LogP contribution is 2.32. The average Bonchev–Trinajstić information content (AvgIpc) is 3.08. The predicted octanol–water partition coefficient (Wildman–Crippen LogP) is 2.58. The fourth-order valence-electron chi connectivity index (χ4n) is 3.46. The molecule has 5 nitrogen and oxygen atoms in total. The summed E-state index contributed by atoms with van der Waals surface area (Å²) in [7, 11) is 3.31. The number of nitrogens with zero attached hydrogens (tertiary/aromatic N) is 1. The van der Waals surface area contributed by atoms with Crippen LogP contribution in [0.2, 0.25) is 0 Å². The first kappa shape index (κ1) is 18.3. The van der Waals surface area contributed by atoms with Gasteiger partial charge >= 0.3 is 0 Å². The Morgan fingerprint density at radius 1 is 1.08 bits per heavy atom. The van der Waals surface area contributed by atoms with Gasteiger partial charge in [0, 0.05) is 12.0 Å². The van der Waals surface area contributed by atoms with Crippen molar-refractivity contribution in [3.63, 3.8) is 0 Å². The van der Waals surface area contributed by atoms with E-state index in [1.54, 1.807) is 14.2 Å². The topological polar surface area (TPSA) is 56.7 Å². The van der Waals surface area contributed by atoms with Gasteiger partial charge in [0.15, 0.2) is 6.10 Å². The molecule has 0 saturated heterocycles. The van der Waals surface area contributed by atoms with Crippen LogP contribution < -0.4 is 14.8 Å². The molecule has 0 amide bonds.